The average molecular weight is 645 g/mol. The van der Waals surface area contributed by atoms with Crippen molar-refractivity contribution < 1.29 is 18.6 Å². The van der Waals surface area contributed by atoms with Gasteiger partial charge in [-0.2, -0.15) is 0 Å². The first-order valence-corrected chi connectivity index (χ1v) is 15.8. The lowest BCUT2D eigenvalue weighted by molar-refractivity contribution is 0.324. The Labute approximate surface area is 283 Å². The predicted octanol–water partition coefficient (Wildman–Crippen LogP) is 10.00. The minimum Gasteiger partial charge on any atom is -0.493 e. The molecule has 8 rings (SSSR count). The van der Waals surface area contributed by atoms with Gasteiger partial charge in [-0.05, 0) is 84.9 Å². The Morgan fingerprint density at radius 1 is 0.510 bits per heavy atom. The number of nitrogens with zero attached hydrogens (tertiary/aromatic N) is 4. The van der Waals surface area contributed by atoms with Crippen LogP contribution < -0.4 is 19.1 Å². The Kier molecular flexibility index (Phi) is 7.66. The molecule has 0 radical (unpaired) electrons. The molecule has 0 fully saturated rings. The van der Waals surface area contributed by atoms with E-state index in [-0.39, 0.29) is 0 Å². The van der Waals surface area contributed by atoms with Crippen LogP contribution in [0.3, 0.4) is 0 Å². The highest BCUT2D eigenvalue weighted by Crippen LogP contribution is 2.42. The van der Waals surface area contributed by atoms with Crippen molar-refractivity contribution in [3.05, 3.63) is 140 Å². The summed E-state index contributed by atoms with van der Waals surface area (Å²) in [5, 5.41) is 11.1. The van der Waals surface area contributed by atoms with Crippen molar-refractivity contribution in [2.45, 2.75) is 0 Å². The van der Waals surface area contributed by atoms with E-state index in [9.17, 15) is 0 Å². The van der Waals surface area contributed by atoms with E-state index in [0.717, 1.165) is 33.8 Å². The number of methoxy groups -OCH3 is 3. The molecule has 8 heteroatoms. The van der Waals surface area contributed by atoms with Crippen LogP contribution in [0, 0.1) is 0 Å². The third-order valence-electron chi connectivity index (χ3n) is 8.65. The van der Waals surface area contributed by atoms with Gasteiger partial charge in [0.1, 0.15) is 0 Å². The molecule has 49 heavy (non-hydrogen) atoms. The van der Waals surface area contributed by atoms with E-state index in [1.54, 1.807) is 33.5 Å². The second kappa shape index (κ2) is 12.6. The molecule has 8 aromatic rings. The molecule has 0 aliphatic heterocycles. The summed E-state index contributed by atoms with van der Waals surface area (Å²) in [6.45, 7) is 0. The fourth-order valence-electron chi connectivity index (χ4n) is 6.39. The van der Waals surface area contributed by atoms with Gasteiger partial charge in [-0.1, -0.05) is 54.6 Å². The van der Waals surface area contributed by atoms with Crippen molar-refractivity contribution in [1.82, 2.24) is 14.8 Å². The Balaban J connectivity index is 1.18. The number of para-hydroxylation sites is 3. The Hall–Kier alpha value is -6.54. The van der Waals surface area contributed by atoms with Crippen molar-refractivity contribution in [2.75, 3.05) is 26.2 Å². The first-order valence-electron chi connectivity index (χ1n) is 15.8. The van der Waals surface area contributed by atoms with Gasteiger partial charge in [-0.3, -0.25) is 0 Å². The topological polar surface area (TPSA) is 74.8 Å². The van der Waals surface area contributed by atoms with E-state index in [4.69, 9.17) is 18.6 Å². The maximum atomic E-state index is 6.14. The van der Waals surface area contributed by atoms with E-state index < -0.39 is 0 Å². The van der Waals surface area contributed by atoms with Gasteiger partial charge in [0.05, 0.1) is 32.4 Å². The van der Waals surface area contributed by atoms with Gasteiger partial charge < -0.3 is 28.1 Å². The monoisotopic (exact) mass is 644 g/mol. The van der Waals surface area contributed by atoms with Crippen LogP contribution in [0.15, 0.2) is 144 Å². The van der Waals surface area contributed by atoms with Crippen LogP contribution in [0.25, 0.3) is 50.4 Å². The molecule has 0 bridgehead atoms. The smallest absolute Gasteiger partial charge is 0.248 e. The molecule has 0 unspecified atom stereocenters. The zero-order valence-electron chi connectivity index (χ0n) is 27.2. The lowest BCUT2D eigenvalue weighted by atomic mass is 10.1. The average Bonchev–Trinajstić information content (AvgIpc) is 3.79. The zero-order valence-corrected chi connectivity index (χ0v) is 27.2. The molecular weight excluding hydrogens is 612 g/mol. The van der Waals surface area contributed by atoms with E-state index in [2.05, 4.69) is 123 Å². The van der Waals surface area contributed by atoms with E-state index in [1.807, 2.05) is 24.3 Å². The number of ether oxygens (including phenoxy) is 3. The quantitative estimate of drug-likeness (QED) is 0.155. The molecule has 240 valence electrons. The SMILES string of the molecule is COc1cc(-c2nnc(-c3ccc(N(c4ccccc4)c4ccc5c(c4)c4ccccc4n5-c4ccccc4)cc3)o2)cc(OC)c1OC. The molecule has 0 spiro atoms. The highest BCUT2D eigenvalue weighted by molar-refractivity contribution is 6.10. The van der Waals surface area contributed by atoms with Crippen molar-refractivity contribution in [3.63, 3.8) is 0 Å². The summed E-state index contributed by atoms with van der Waals surface area (Å²) >= 11 is 0. The molecule has 0 amide bonds. The van der Waals surface area contributed by atoms with Gasteiger partial charge in [-0.25, -0.2) is 0 Å². The summed E-state index contributed by atoms with van der Waals surface area (Å²) in [6, 6.07) is 47.8. The van der Waals surface area contributed by atoms with Gasteiger partial charge in [0.2, 0.25) is 17.5 Å². The second-order valence-electron chi connectivity index (χ2n) is 11.4. The van der Waals surface area contributed by atoms with Gasteiger partial charge in [0.25, 0.3) is 0 Å². The molecule has 0 saturated carbocycles. The molecule has 8 nitrogen and oxygen atoms in total. The molecule has 0 aliphatic rings. The van der Waals surface area contributed by atoms with Gasteiger partial charge in [0.15, 0.2) is 11.5 Å². The van der Waals surface area contributed by atoms with Crippen LogP contribution in [0.4, 0.5) is 17.1 Å². The minimum atomic E-state index is 0.340. The van der Waals surface area contributed by atoms with Crippen LogP contribution in [-0.4, -0.2) is 36.1 Å². The fraction of sp³-hybridized carbons (Fsp3) is 0.0732. The Morgan fingerprint density at radius 3 is 1.76 bits per heavy atom. The van der Waals surface area contributed by atoms with Gasteiger partial charge in [0, 0.05) is 44.6 Å². The number of aromatic nitrogens is 3. The summed E-state index contributed by atoms with van der Waals surface area (Å²) in [6.07, 6.45) is 0. The van der Waals surface area contributed by atoms with Crippen LogP contribution >= 0.6 is 0 Å². The third-order valence-corrected chi connectivity index (χ3v) is 8.65. The van der Waals surface area contributed by atoms with E-state index in [0.29, 0.717) is 34.6 Å². The molecule has 2 heterocycles. The summed E-state index contributed by atoms with van der Waals surface area (Å²) in [4.78, 5) is 2.26. The van der Waals surface area contributed by atoms with Crippen LogP contribution in [-0.2, 0) is 0 Å². The molecule has 2 aromatic heterocycles. The first-order chi connectivity index (χ1) is 24.2. The minimum absolute atomic E-state index is 0.340. The normalized spacial score (nSPS) is 11.2. The second-order valence-corrected chi connectivity index (χ2v) is 11.4. The molecular formula is C41H32N4O4. The Morgan fingerprint density at radius 2 is 1.08 bits per heavy atom. The van der Waals surface area contributed by atoms with Crippen molar-refractivity contribution in [2.24, 2.45) is 0 Å². The van der Waals surface area contributed by atoms with E-state index in [1.165, 1.54) is 16.3 Å². The number of hydrogen-bond acceptors (Lipinski definition) is 7. The third kappa shape index (κ3) is 5.29. The van der Waals surface area contributed by atoms with Crippen molar-refractivity contribution >= 4 is 38.9 Å². The molecule has 0 aliphatic carbocycles. The summed E-state index contributed by atoms with van der Waals surface area (Å²) in [7, 11) is 4.71. The standard InChI is InChI=1S/C41H32N4O4/c1-46-37-24-28(25-38(47-2)39(37)48-3)41-43-42-40(49-41)27-18-20-31(21-19-27)44(29-12-6-4-7-13-29)32-22-23-36-34(26-32)33-16-10-11-17-35(33)45(36)30-14-8-5-9-15-30/h4-26H,1-3H3. The fourth-order valence-corrected chi connectivity index (χ4v) is 6.39. The molecule has 0 atom stereocenters. The summed E-state index contributed by atoms with van der Waals surface area (Å²) < 4.78 is 24.9. The largest absolute Gasteiger partial charge is 0.493 e. The number of anilines is 3. The van der Waals surface area contributed by atoms with Gasteiger partial charge >= 0.3 is 0 Å². The molecule has 0 N–H and O–H groups in total. The summed E-state index contributed by atoms with van der Waals surface area (Å²) in [5.41, 5.74) is 7.99. The summed E-state index contributed by atoms with van der Waals surface area (Å²) in [5.74, 6) is 2.24. The van der Waals surface area contributed by atoms with Crippen LogP contribution in [0.2, 0.25) is 0 Å². The van der Waals surface area contributed by atoms with E-state index >= 15 is 0 Å². The van der Waals surface area contributed by atoms with Crippen molar-refractivity contribution in [1.29, 1.82) is 0 Å². The first kappa shape index (κ1) is 29.8. The van der Waals surface area contributed by atoms with Gasteiger partial charge in [-0.15, -0.1) is 10.2 Å². The van der Waals surface area contributed by atoms with Crippen LogP contribution in [0.1, 0.15) is 0 Å². The number of fused-ring (bicyclic) bond motifs is 3. The number of rotatable bonds is 9. The number of hydrogen-bond donors (Lipinski definition) is 0. The number of benzene rings is 6. The lowest BCUT2D eigenvalue weighted by Crippen LogP contribution is -2.09. The van der Waals surface area contributed by atoms with Crippen molar-refractivity contribution in [3.8, 4) is 45.8 Å². The van der Waals surface area contributed by atoms with Crippen LogP contribution in [0.5, 0.6) is 17.2 Å². The lowest BCUT2D eigenvalue weighted by Gasteiger charge is -2.25. The Bertz CT molecular complexity index is 2380. The molecule has 0 saturated heterocycles. The predicted molar refractivity (Wildman–Crippen MR) is 194 cm³/mol. The maximum Gasteiger partial charge on any atom is 0.248 e. The molecule has 6 aromatic carbocycles. The maximum absolute atomic E-state index is 6.14. The highest BCUT2D eigenvalue weighted by Gasteiger charge is 2.20. The highest BCUT2D eigenvalue weighted by atomic mass is 16.5. The zero-order chi connectivity index (χ0) is 33.3.